The summed E-state index contributed by atoms with van der Waals surface area (Å²) in [4.78, 5) is 0. The maximum absolute atomic E-state index is 13.6. The van der Waals surface area contributed by atoms with Gasteiger partial charge in [0.2, 0.25) is 0 Å². The fourth-order valence-electron chi connectivity index (χ4n) is 1.39. The van der Waals surface area contributed by atoms with Crippen LogP contribution in [0.3, 0.4) is 0 Å². The Morgan fingerprint density at radius 1 is 1.18 bits per heavy atom. The zero-order chi connectivity index (χ0) is 12.5. The van der Waals surface area contributed by atoms with E-state index in [4.69, 9.17) is 5.73 Å². The summed E-state index contributed by atoms with van der Waals surface area (Å²) < 4.78 is 50.8. The number of alkyl halides is 3. The summed E-state index contributed by atoms with van der Waals surface area (Å²) in [5.74, 6) is -1.39. The number of halogens is 5. The Hall–Kier alpha value is -0.810. The molecule has 0 aromatic heterocycles. The van der Waals surface area contributed by atoms with E-state index < -0.39 is 23.6 Å². The summed E-state index contributed by atoms with van der Waals surface area (Å²) in [6, 6.07) is 2.44. The fourth-order valence-corrected chi connectivity index (χ4v) is 1.39. The van der Waals surface area contributed by atoms with Gasteiger partial charge in [0, 0.05) is 11.6 Å². The molecule has 2 N–H and O–H groups in total. The molecule has 1 nitrogen and oxygen atoms in total. The van der Waals surface area contributed by atoms with Crippen molar-refractivity contribution < 1.29 is 17.6 Å². The largest absolute Gasteiger partial charge is 0.419 e. The third-order valence-electron chi connectivity index (χ3n) is 2.41. The number of nitrogens with two attached hydrogens (primary N) is 1. The van der Waals surface area contributed by atoms with E-state index in [1.165, 1.54) is 12.1 Å². The SMILES string of the molecule is CC(C)C(N)c1cccc(C(F)(F)F)c1F.Cl. The standard InChI is InChI=1S/C11H13F4N.ClH/c1-6(2)10(16)7-4-3-5-8(9(7)12)11(13,14)15;/h3-6,10H,16H2,1-2H3;1H. The summed E-state index contributed by atoms with van der Waals surface area (Å²) in [6.45, 7) is 3.45. The molecule has 0 heterocycles. The van der Waals surface area contributed by atoms with Crippen molar-refractivity contribution in [3.05, 3.63) is 35.1 Å². The molecular formula is C11H14ClF4N. The minimum Gasteiger partial charge on any atom is -0.324 e. The third kappa shape index (κ3) is 3.57. The van der Waals surface area contributed by atoms with E-state index in [1.54, 1.807) is 13.8 Å². The zero-order valence-electron chi connectivity index (χ0n) is 9.38. The smallest absolute Gasteiger partial charge is 0.324 e. The minimum absolute atomic E-state index is 0. The molecule has 1 rings (SSSR count). The molecule has 0 bridgehead atoms. The van der Waals surface area contributed by atoms with Crippen LogP contribution in [-0.2, 0) is 6.18 Å². The Balaban J connectivity index is 0.00000256. The average Bonchev–Trinajstić information content (AvgIpc) is 2.15. The van der Waals surface area contributed by atoms with Gasteiger partial charge in [0.1, 0.15) is 5.82 Å². The van der Waals surface area contributed by atoms with Gasteiger partial charge in [-0.3, -0.25) is 0 Å². The van der Waals surface area contributed by atoms with E-state index >= 15 is 0 Å². The summed E-state index contributed by atoms with van der Waals surface area (Å²) in [5.41, 5.74) is 4.29. The highest BCUT2D eigenvalue weighted by atomic mass is 35.5. The maximum atomic E-state index is 13.6. The van der Waals surface area contributed by atoms with Gasteiger partial charge in [0.05, 0.1) is 5.56 Å². The molecule has 0 fully saturated rings. The van der Waals surface area contributed by atoms with Gasteiger partial charge in [-0.1, -0.05) is 26.0 Å². The van der Waals surface area contributed by atoms with Gasteiger partial charge in [-0.2, -0.15) is 13.2 Å². The van der Waals surface area contributed by atoms with Crippen molar-refractivity contribution in [3.63, 3.8) is 0 Å². The molecular weight excluding hydrogens is 258 g/mol. The van der Waals surface area contributed by atoms with Crippen molar-refractivity contribution in [1.29, 1.82) is 0 Å². The molecule has 0 aliphatic carbocycles. The zero-order valence-corrected chi connectivity index (χ0v) is 10.2. The second kappa shape index (κ2) is 5.69. The molecule has 98 valence electrons. The summed E-state index contributed by atoms with van der Waals surface area (Å²) in [5, 5.41) is 0. The molecule has 1 unspecified atom stereocenters. The Labute approximate surface area is 103 Å². The molecule has 0 aliphatic rings. The van der Waals surface area contributed by atoms with Gasteiger partial charge in [0.25, 0.3) is 0 Å². The quantitative estimate of drug-likeness (QED) is 0.811. The fraction of sp³-hybridized carbons (Fsp3) is 0.455. The second-order valence-electron chi connectivity index (χ2n) is 3.98. The number of benzene rings is 1. The molecule has 0 saturated carbocycles. The van der Waals surface area contributed by atoms with Crippen molar-refractivity contribution in [3.8, 4) is 0 Å². The first-order valence-corrected chi connectivity index (χ1v) is 4.86. The normalized spacial score (nSPS) is 13.4. The molecule has 0 saturated heterocycles. The molecule has 1 aromatic carbocycles. The van der Waals surface area contributed by atoms with Crippen LogP contribution in [0, 0.1) is 11.7 Å². The molecule has 0 amide bonds. The van der Waals surface area contributed by atoms with Crippen LogP contribution in [0.25, 0.3) is 0 Å². The predicted molar refractivity (Wildman–Crippen MR) is 60.4 cm³/mol. The molecule has 0 spiro atoms. The lowest BCUT2D eigenvalue weighted by Gasteiger charge is -2.18. The van der Waals surface area contributed by atoms with Crippen LogP contribution in [0.4, 0.5) is 17.6 Å². The number of hydrogen-bond donors (Lipinski definition) is 1. The van der Waals surface area contributed by atoms with E-state index in [0.717, 1.165) is 0 Å². The van der Waals surface area contributed by atoms with Crippen molar-refractivity contribution in [1.82, 2.24) is 0 Å². The second-order valence-corrected chi connectivity index (χ2v) is 3.98. The first-order valence-electron chi connectivity index (χ1n) is 4.86. The van der Waals surface area contributed by atoms with Crippen molar-refractivity contribution in [2.24, 2.45) is 11.7 Å². The Morgan fingerprint density at radius 2 is 1.71 bits per heavy atom. The average molecular weight is 272 g/mol. The third-order valence-corrected chi connectivity index (χ3v) is 2.41. The van der Waals surface area contributed by atoms with E-state index in [9.17, 15) is 17.6 Å². The topological polar surface area (TPSA) is 26.0 Å². The van der Waals surface area contributed by atoms with Crippen LogP contribution < -0.4 is 5.73 Å². The van der Waals surface area contributed by atoms with Gasteiger partial charge in [-0.05, 0) is 12.0 Å². The highest BCUT2D eigenvalue weighted by Gasteiger charge is 2.35. The first-order chi connectivity index (χ1) is 7.25. The molecule has 1 aromatic rings. The van der Waals surface area contributed by atoms with E-state index in [-0.39, 0.29) is 23.9 Å². The van der Waals surface area contributed by atoms with Crippen LogP contribution in [0.2, 0.25) is 0 Å². The van der Waals surface area contributed by atoms with E-state index in [2.05, 4.69) is 0 Å². The van der Waals surface area contributed by atoms with Crippen molar-refractivity contribution >= 4 is 12.4 Å². The highest BCUT2D eigenvalue weighted by molar-refractivity contribution is 5.85. The van der Waals surface area contributed by atoms with E-state index in [1.807, 2.05) is 0 Å². The van der Waals surface area contributed by atoms with Crippen LogP contribution in [0.5, 0.6) is 0 Å². The molecule has 17 heavy (non-hydrogen) atoms. The predicted octanol–water partition coefficient (Wildman–Crippen LogP) is 3.92. The lowest BCUT2D eigenvalue weighted by atomic mass is 9.95. The molecule has 0 radical (unpaired) electrons. The van der Waals surface area contributed by atoms with Gasteiger partial charge < -0.3 is 5.73 Å². The number of hydrogen-bond acceptors (Lipinski definition) is 1. The summed E-state index contributed by atoms with van der Waals surface area (Å²) in [6.07, 6.45) is -4.68. The van der Waals surface area contributed by atoms with Crippen LogP contribution in [0.1, 0.15) is 31.0 Å². The molecule has 1 atom stereocenters. The summed E-state index contributed by atoms with van der Waals surface area (Å²) in [7, 11) is 0. The van der Waals surface area contributed by atoms with Crippen LogP contribution in [-0.4, -0.2) is 0 Å². The van der Waals surface area contributed by atoms with E-state index in [0.29, 0.717) is 6.07 Å². The number of rotatable bonds is 2. The van der Waals surface area contributed by atoms with Crippen LogP contribution >= 0.6 is 12.4 Å². The van der Waals surface area contributed by atoms with Crippen LogP contribution in [0.15, 0.2) is 18.2 Å². The van der Waals surface area contributed by atoms with Crippen molar-refractivity contribution in [2.75, 3.05) is 0 Å². The monoisotopic (exact) mass is 271 g/mol. The maximum Gasteiger partial charge on any atom is 0.419 e. The summed E-state index contributed by atoms with van der Waals surface area (Å²) >= 11 is 0. The lowest BCUT2D eigenvalue weighted by molar-refractivity contribution is -0.140. The van der Waals surface area contributed by atoms with Crippen molar-refractivity contribution in [2.45, 2.75) is 26.1 Å². The Bertz CT molecular complexity index is 376. The van der Waals surface area contributed by atoms with Gasteiger partial charge >= 0.3 is 6.18 Å². The Morgan fingerprint density at radius 3 is 2.12 bits per heavy atom. The minimum atomic E-state index is -4.68. The van der Waals surface area contributed by atoms with Gasteiger partial charge in [0.15, 0.2) is 0 Å². The Kier molecular flexibility index (Phi) is 5.42. The van der Waals surface area contributed by atoms with Gasteiger partial charge in [-0.25, -0.2) is 4.39 Å². The highest BCUT2D eigenvalue weighted by Crippen LogP contribution is 2.34. The lowest BCUT2D eigenvalue weighted by Crippen LogP contribution is -2.20. The first kappa shape index (κ1) is 16.2. The van der Waals surface area contributed by atoms with Gasteiger partial charge in [-0.15, -0.1) is 12.4 Å². The molecule has 6 heteroatoms. The molecule has 0 aliphatic heterocycles.